The van der Waals surface area contributed by atoms with E-state index < -0.39 is 0 Å². The predicted molar refractivity (Wildman–Crippen MR) is 107 cm³/mol. The average Bonchev–Trinajstić information content (AvgIpc) is 3.27. The second-order valence-electron chi connectivity index (χ2n) is 6.53. The number of para-hydroxylation sites is 1. The SMILES string of the molecule is COc1cccc2cc(C3NCc4c(Cl)cc(Cl)cc4-n4cccc43)oc12. The number of halogens is 2. The smallest absolute Gasteiger partial charge is 0.176 e. The van der Waals surface area contributed by atoms with Crippen molar-refractivity contribution in [1.29, 1.82) is 0 Å². The summed E-state index contributed by atoms with van der Waals surface area (Å²) in [7, 11) is 1.65. The van der Waals surface area contributed by atoms with E-state index in [0.717, 1.165) is 39.4 Å². The lowest BCUT2D eigenvalue weighted by atomic mass is 10.1. The molecular formula is C21H16Cl2N2O2. The van der Waals surface area contributed by atoms with Crippen molar-refractivity contribution in [2.75, 3.05) is 7.11 Å². The van der Waals surface area contributed by atoms with Gasteiger partial charge in [-0.3, -0.25) is 5.32 Å². The molecule has 5 rings (SSSR count). The van der Waals surface area contributed by atoms with Gasteiger partial charge in [-0.25, -0.2) is 0 Å². The Morgan fingerprint density at radius 3 is 2.89 bits per heavy atom. The van der Waals surface area contributed by atoms with Gasteiger partial charge in [0.2, 0.25) is 0 Å². The van der Waals surface area contributed by atoms with Crippen LogP contribution in [0.1, 0.15) is 23.1 Å². The van der Waals surface area contributed by atoms with Gasteiger partial charge in [-0.2, -0.15) is 0 Å². The van der Waals surface area contributed by atoms with Crippen LogP contribution in [0.5, 0.6) is 5.75 Å². The first-order chi connectivity index (χ1) is 13.2. The minimum atomic E-state index is -0.126. The molecule has 3 heterocycles. The molecular weight excluding hydrogens is 383 g/mol. The van der Waals surface area contributed by atoms with Gasteiger partial charge < -0.3 is 13.7 Å². The van der Waals surface area contributed by atoms with Gasteiger partial charge in [0.15, 0.2) is 11.3 Å². The van der Waals surface area contributed by atoms with Crippen molar-refractivity contribution in [2.45, 2.75) is 12.6 Å². The zero-order valence-corrected chi connectivity index (χ0v) is 16.0. The molecule has 4 aromatic rings. The van der Waals surface area contributed by atoms with Crippen LogP contribution in [-0.2, 0) is 6.54 Å². The van der Waals surface area contributed by atoms with E-state index in [4.69, 9.17) is 32.4 Å². The molecule has 1 atom stereocenters. The summed E-state index contributed by atoms with van der Waals surface area (Å²) in [5, 5.41) is 5.84. The molecule has 0 spiro atoms. The molecule has 1 aliphatic rings. The van der Waals surface area contributed by atoms with E-state index in [1.54, 1.807) is 13.2 Å². The standard InChI is InChI=1S/C21H16Cl2N2O2/c1-26-18-6-2-4-12-8-19(27-21(12)18)20-16-5-3-7-25(16)17-10-13(22)9-15(23)14(17)11-24-20/h2-10,20,24H,11H2,1H3. The number of nitrogens with zero attached hydrogens (tertiary/aromatic N) is 1. The Labute approximate surface area is 166 Å². The Morgan fingerprint density at radius 2 is 2.04 bits per heavy atom. The summed E-state index contributed by atoms with van der Waals surface area (Å²) in [6, 6.07) is 15.6. The average molecular weight is 399 g/mol. The van der Waals surface area contributed by atoms with Crippen molar-refractivity contribution in [3.05, 3.63) is 81.8 Å². The van der Waals surface area contributed by atoms with Gasteiger partial charge in [-0.05, 0) is 36.4 Å². The van der Waals surface area contributed by atoms with Crippen LogP contribution in [0.15, 0.2) is 59.1 Å². The fraction of sp³-hybridized carbons (Fsp3) is 0.143. The lowest BCUT2D eigenvalue weighted by molar-refractivity contribution is 0.402. The van der Waals surface area contributed by atoms with E-state index >= 15 is 0 Å². The Kier molecular flexibility index (Phi) is 3.93. The number of fused-ring (bicyclic) bond motifs is 4. The zero-order chi connectivity index (χ0) is 18.5. The van der Waals surface area contributed by atoms with Gasteiger partial charge >= 0.3 is 0 Å². The second kappa shape index (κ2) is 6.34. The number of benzene rings is 2. The highest BCUT2D eigenvalue weighted by Gasteiger charge is 2.27. The van der Waals surface area contributed by atoms with E-state index in [-0.39, 0.29) is 6.04 Å². The number of ether oxygens (including phenoxy) is 1. The molecule has 0 amide bonds. The Balaban J connectivity index is 1.68. The third kappa shape index (κ3) is 2.64. The summed E-state index contributed by atoms with van der Waals surface area (Å²) in [6.07, 6.45) is 2.02. The number of aromatic nitrogens is 1. The quantitative estimate of drug-likeness (QED) is 0.468. The minimum absolute atomic E-state index is 0.126. The molecule has 1 aliphatic heterocycles. The van der Waals surface area contributed by atoms with Gasteiger partial charge in [0, 0.05) is 39.4 Å². The third-order valence-corrected chi connectivity index (χ3v) is 5.54. The Hall–Kier alpha value is -2.40. The zero-order valence-electron chi connectivity index (χ0n) is 14.5. The summed E-state index contributed by atoms with van der Waals surface area (Å²) in [5.41, 5.74) is 3.80. The topological polar surface area (TPSA) is 39.3 Å². The normalized spacial score (nSPS) is 16.0. The number of nitrogens with one attached hydrogen (secondary N) is 1. The molecule has 0 radical (unpaired) electrons. The first-order valence-electron chi connectivity index (χ1n) is 8.61. The molecule has 1 N–H and O–H groups in total. The van der Waals surface area contributed by atoms with Crippen molar-refractivity contribution in [3.8, 4) is 11.4 Å². The Morgan fingerprint density at radius 1 is 1.15 bits per heavy atom. The highest BCUT2D eigenvalue weighted by Crippen LogP contribution is 2.38. The molecule has 136 valence electrons. The lowest BCUT2D eigenvalue weighted by Gasteiger charge is -2.15. The molecule has 0 saturated heterocycles. The largest absolute Gasteiger partial charge is 0.493 e. The van der Waals surface area contributed by atoms with Gasteiger partial charge in [0.1, 0.15) is 11.8 Å². The van der Waals surface area contributed by atoms with E-state index in [1.807, 2.05) is 36.5 Å². The van der Waals surface area contributed by atoms with E-state index in [0.29, 0.717) is 16.6 Å². The van der Waals surface area contributed by atoms with Crippen LogP contribution in [0.25, 0.3) is 16.7 Å². The molecule has 2 aromatic heterocycles. The van der Waals surface area contributed by atoms with Crippen LogP contribution >= 0.6 is 23.2 Å². The molecule has 4 nitrogen and oxygen atoms in total. The summed E-state index contributed by atoms with van der Waals surface area (Å²) in [6.45, 7) is 0.603. The van der Waals surface area contributed by atoms with Crippen molar-refractivity contribution in [2.24, 2.45) is 0 Å². The lowest BCUT2D eigenvalue weighted by Crippen LogP contribution is -2.20. The van der Waals surface area contributed by atoms with E-state index in [2.05, 4.69) is 22.0 Å². The molecule has 6 heteroatoms. The maximum Gasteiger partial charge on any atom is 0.176 e. The number of furan rings is 1. The molecule has 0 saturated carbocycles. The van der Waals surface area contributed by atoms with Crippen molar-refractivity contribution in [1.82, 2.24) is 9.88 Å². The van der Waals surface area contributed by atoms with Crippen LogP contribution in [0.3, 0.4) is 0 Å². The maximum atomic E-state index is 6.47. The molecule has 0 bridgehead atoms. The number of hydrogen-bond donors (Lipinski definition) is 1. The number of methoxy groups -OCH3 is 1. The van der Waals surface area contributed by atoms with Crippen molar-refractivity contribution < 1.29 is 9.15 Å². The van der Waals surface area contributed by atoms with Gasteiger partial charge in [-0.1, -0.05) is 35.3 Å². The second-order valence-corrected chi connectivity index (χ2v) is 7.37. The molecule has 0 aliphatic carbocycles. The molecule has 1 unspecified atom stereocenters. The van der Waals surface area contributed by atoms with Crippen molar-refractivity contribution in [3.63, 3.8) is 0 Å². The van der Waals surface area contributed by atoms with Gasteiger partial charge in [0.05, 0.1) is 12.8 Å². The van der Waals surface area contributed by atoms with Crippen LogP contribution in [0.2, 0.25) is 10.0 Å². The van der Waals surface area contributed by atoms with Crippen molar-refractivity contribution >= 4 is 34.2 Å². The first kappa shape index (κ1) is 16.8. The fourth-order valence-corrected chi connectivity index (χ4v) is 4.29. The fourth-order valence-electron chi connectivity index (χ4n) is 3.74. The van der Waals surface area contributed by atoms with Gasteiger partial charge in [-0.15, -0.1) is 0 Å². The summed E-state index contributed by atoms with van der Waals surface area (Å²) in [5.74, 6) is 1.55. The third-order valence-electron chi connectivity index (χ3n) is 4.99. The molecule has 27 heavy (non-hydrogen) atoms. The highest BCUT2D eigenvalue weighted by atomic mass is 35.5. The predicted octanol–water partition coefficient (Wildman–Crippen LogP) is 5.73. The summed E-state index contributed by atoms with van der Waals surface area (Å²) < 4.78 is 13.8. The van der Waals surface area contributed by atoms with Gasteiger partial charge in [0.25, 0.3) is 0 Å². The van der Waals surface area contributed by atoms with E-state index in [1.165, 1.54) is 0 Å². The van der Waals surface area contributed by atoms with Crippen LogP contribution in [-0.4, -0.2) is 11.7 Å². The monoisotopic (exact) mass is 398 g/mol. The molecule has 0 fully saturated rings. The Bertz CT molecular complexity index is 1160. The first-order valence-corrected chi connectivity index (χ1v) is 9.36. The highest BCUT2D eigenvalue weighted by molar-refractivity contribution is 6.35. The van der Waals surface area contributed by atoms with Crippen LogP contribution in [0.4, 0.5) is 0 Å². The molecule has 2 aromatic carbocycles. The van der Waals surface area contributed by atoms with E-state index in [9.17, 15) is 0 Å². The maximum absolute atomic E-state index is 6.47. The van der Waals surface area contributed by atoms with Crippen LogP contribution < -0.4 is 10.1 Å². The van der Waals surface area contributed by atoms with Crippen LogP contribution in [0, 0.1) is 0 Å². The number of hydrogen-bond acceptors (Lipinski definition) is 3. The summed E-state index contributed by atoms with van der Waals surface area (Å²) >= 11 is 12.7. The summed E-state index contributed by atoms with van der Waals surface area (Å²) in [4.78, 5) is 0. The minimum Gasteiger partial charge on any atom is -0.493 e. The number of rotatable bonds is 2.